The molecule has 0 aromatic heterocycles. The fourth-order valence-electron chi connectivity index (χ4n) is 3.40. The van der Waals surface area contributed by atoms with Gasteiger partial charge < -0.3 is 15.2 Å². The highest BCUT2D eigenvalue weighted by molar-refractivity contribution is 8.13. The average molecular weight is 435 g/mol. The van der Waals surface area contributed by atoms with Crippen LogP contribution in [0.15, 0.2) is 23.2 Å². The molecule has 6 nitrogen and oxygen atoms in total. The number of nitrogens with one attached hydrogen (secondary N) is 1. The Morgan fingerprint density at radius 1 is 1.38 bits per heavy atom. The van der Waals surface area contributed by atoms with E-state index in [1.54, 1.807) is 20.8 Å². The molecule has 1 saturated heterocycles. The number of rotatable bonds is 1. The summed E-state index contributed by atoms with van der Waals surface area (Å²) in [5.41, 5.74) is 3.38. The standard InChI is InChI=1S/C18H21F4N3O3S/c1-16(2,3)28-15(26)24-14-25-17(10-6-9(23)4-5-12(10)19)8-27-13(18(20,21)22)11(17)7-29-14/h4-6,11,13H,7-8,23H2,1-3H3,(H,24,25,26). The zero-order chi connectivity index (χ0) is 21.6. The van der Waals surface area contributed by atoms with E-state index >= 15 is 0 Å². The predicted molar refractivity (Wildman–Crippen MR) is 101 cm³/mol. The minimum atomic E-state index is -4.64. The van der Waals surface area contributed by atoms with Gasteiger partial charge in [-0.05, 0) is 39.0 Å². The van der Waals surface area contributed by atoms with Crippen molar-refractivity contribution in [2.75, 3.05) is 18.1 Å². The van der Waals surface area contributed by atoms with Gasteiger partial charge in [0.1, 0.15) is 17.0 Å². The maximum atomic E-state index is 14.6. The Labute approximate surface area is 169 Å². The lowest BCUT2D eigenvalue weighted by Gasteiger charge is -2.37. The molecular weight excluding hydrogens is 414 g/mol. The van der Waals surface area contributed by atoms with Crippen molar-refractivity contribution in [2.24, 2.45) is 10.9 Å². The van der Waals surface area contributed by atoms with Crippen LogP contribution in [0.3, 0.4) is 0 Å². The third kappa shape index (κ3) is 4.45. The number of ether oxygens (including phenoxy) is 2. The maximum Gasteiger partial charge on any atom is 0.415 e. The van der Waals surface area contributed by atoms with E-state index in [-0.39, 0.29) is 22.2 Å². The van der Waals surface area contributed by atoms with Crippen LogP contribution in [0.2, 0.25) is 0 Å². The SMILES string of the molecule is CC(C)(C)OC(=O)NC1=NC2(c3cc(N)ccc3F)COC(C(F)(F)F)C2CS1. The van der Waals surface area contributed by atoms with Crippen molar-refractivity contribution in [1.29, 1.82) is 0 Å². The molecule has 2 heterocycles. The third-order valence-electron chi connectivity index (χ3n) is 4.55. The Kier molecular flexibility index (Phi) is 5.50. The topological polar surface area (TPSA) is 85.9 Å². The summed E-state index contributed by atoms with van der Waals surface area (Å²) in [4.78, 5) is 16.4. The van der Waals surface area contributed by atoms with Gasteiger partial charge in [-0.25, -0.2) is 14.2 Å². The molecule has 1 amide bonds. The van der Waals surface area contributed by atoms with Crippen LogP contribution in [-0.2, 0) is 15.0 Å². The van der Waals surface area contributed by atoms with Crippen molar-refractivity contribution < 1.29 is 31.8 Å². The van der Waals surface area contributed by atoms with Gasteiger partial charge in [0.2, 0.25) is 0 Å². The van der Waals surface area contributed by atoms with E-state index < -0.39 is 47.9 Å². The number of carbonyl (C=O) groups is 1. The summed E-state index contributed by atoms with van der Waals surface area (Å²) in [6, 6.07) is 3.65. The summed E-state index contributed by atoms with van der Waals surface area (Å²) in [7, 11) is 0. The van der Waals surface area contributed by atoms with Gasteiger partial charge in [-0.3, -0.25) is 5.32 Å². The lowest BCUT2D eigenvalue weighted by molar-refractivity contribution is -0.215. The molecule has 0 aliphatic carbocycles. The Bertz CT molecular complexity index is 841. The first-order chi connectivity index (χ1) is 13.3. The van der Waals surface area contributed by atoms with Crippen LogP contribution >= 0.6 is 11.8 Å². The second-order valence-electron chi connectivity index (χ2n) is 7.90. The summed E-state index contributed by atoms with van der Waals surface area (Å²) in [6.07, 6.45) is -7.56. The monoisotopic (exact) mass is 435 g/mol. The number of halogens is 4. The molecule has 11 heteroatoms. The van der Waals surface area contributed by atoms with Crippen LogP contribution < -0.4 is 11.1 Å². The van der Waals surface area contributed by atoms with Crippen LogP contribution in [0.1, 0.15) is 26.3 Å². The van der Waals surface area contributed by atoms with Gasteiger partial charge in [-0.2, -0.15) is 13.2 Å². The smallest absolute Gasteiger partial charge is 0.415 e. The molecule has 0 radical (unpaired) electrons. The van der Waals surface area contributed by atoms with Crippen LogP contribution in [-0.4, -0.2) is 41.5 Å². The largest absolute Gasteiger partial charge is 0.444 e. The number of carbonyl (C=O) groups excluding carboxylic acids is 1. The molecule has 3 N–H and O–H groups in total. The van der Waals surface area contributed by atoms with E-state index in [0.29, 0.717) is 0 Å². The van der Waals surface area contributed by atoms with Crippen molar-refractivity contribution in [3.8, 4) is 0 Å². The number of nitrogens with two attached hydrogens (primary N) is 1. The van der Waals surface area contributed by atoms with Crippen molar-refractivity contribution in [3.05, 3.63) is 29.6 Å². The zero-order valence-corrected chi connectivity index (χ0v) is 16.8. The fourth-order valence-corrected chi connectivity index (χ4v) is 4.57. The molecule has 3 atom stereocenters. The van der Waals surface area contributed by atoms with Gasteiger partial charge in [0, 0.05) is 22.9 Å². The van der Waals surface area contributed by atoms with Gasteiger partial charge in [-0.15, -0.1) is 0 Å². The highest BCUT2D eigenvalue weighted by atomic mass is 32.2. The highest BCUT2D eigenvalue weighted by Gasteiger charge is 2.62. The van der Waals surface area contributed by atoms with Crippen molar-refractivity contribution in [1.82, 2.24) is 5.32 Å². The lowest BCUT2D eigenvalue weighted by Crippen LogP contribution is -2.47. The molecule has 0 bridgehead atoms. The predicted octanol–water partition coefficient (Wildman–Crippen LogP) is 3.81. The van der Waals surface area contributed by atoms with Crippen LogP contribution in [0.25, 0.3) is 0 Å². The zero-order valence-electron chi connectivity index (χ0n) is 16.0. The van der Waals surface area contributed by atoms with Crippen LogP contribution in [0.4, 0.5) is 28.0 Å². The molecule has 3 unspecified atom stereocenters. The number of alkyl carbamates (subject to hydrolysis) is 1. The number of thioether (sulfide) groups is 1. The van der Waals surface area contributed by atoms with E-state index in [2.05, 4.69) is 10.3 Å². The number of amidine groups is 1. The highest BCUT2D eigenvalue weighted by Crippen LogP contribution is 2.52. The Balaban J connectivity index is 2.02. The van der Waals surface area contributed by atoms with E-state index in [9.17, 15) is 22.4 Å². The average Bonchev–Trinajstić information content (AvgIpc) is 2.95. The minimum Gasteiger partial charge on any atom is -0.444 e. The number of amides is 1. The second kappa shape index (κ2) is 7.35. The van der Waals surface area contributed by atoms with E-state index in [0.717, 1.165) is 17.8 Å². The number of hydrogen-bond donors (Lipinski definition) is 2. The second-order valence-corrected chi connectivity index (χ2v) is 8.91. The maximum absolute atomic E-state index is 14.6. The quantitative estimate of drug-likeness (QED) is 0.518. The van der Waals surface area contributed by atoms with Gasteiger partial charge in [0.25, 0.3) is 0 Å². The molecule has 1 aromatic carbocycles. The number of benzene rings is 1. The molecule has 29 heavy (non-hydrogen) atoms. The minimum absolute atomic E-state index is 0.0312. The van der Waals surface area contributed by atoms with E-state index in [1.807, 2.05) is 0 Å². The first-order valence-corrected chi connectivity index (χ1v) is 9.77. The van der Waals surface area contributed by atoms with Crippen molar-refractivity contribution in [2.45, 2.75) is 44.2 Å². The molecule has 1 aromatic rings. The summed E-state index contributed by atoms with van der Waals surface area (Å²) in [5, 5.41) is 2.46. The summed E-state index contributed by atoms with van der Waals surface area (Å²) >= 11 is 0.921. The lowest BCUT2D eigenvalue weighted by atomic mass is 9.78. The number of alkyl halides is 3. The molecule has 2 aliphatic heterocycles. The Morgan fingerprint density at radius 2 is 2.07 bits per heavy atom. The number of fused-ring (bicyclic) bond motifs is 1. The van der Waals surface area contributed by atoms with Gasteiger partial charge in [0.05, 0.1) is 6.61 Å². The summed E-state index contributed by atoms with van der Waals surface area (Å²) in [5.74, 6) is -2.02. The molecule has 0 saturated carbocycles. The van der Waals surface area contributed by atoms with E-state index in [4.69, 9.17) is 15.2 Å². The Morgan fingerprint density at radius 3 is 2.69 bits per heavy atom. The van der Waals surface area contributed by atoms with E-state index in [1.165, 1.54) is 12.1 Å². The number of nitrogen functional groups attached to an aromatic ring is 1. The molecule has 1 fully saturated rings. The van der Waals surface area contributed by atoms with Crippen LogP contribution in [0.5, 0.6) is 0 Å². The summed E-state index contributed by atoms with van der Waals surface area (Å²) in [6.45, 7) is 4.50. The molecular formula is C18H21F4N3O3S. The van der Waals surface area contributed by atoms with Gasteiger partial charge >= 0.3 is 12.3 Å². The number of nitrogens with zero attached hydrogens (tertiary/aromatic N) is 1. The fraction of sp³-hybridized carbons (Fsp3) is 0.556. The van der Waals surface area contributed by atoms with Crippen LogP contribution in [0, 0.1) is 11.7 Å². The van der Waals surface area contributed by atoms with Gasteiger partial charge in [0.15, 0.2) is 11.3 Å². The Hall–Kier alpha value is -2.01. The third-order valence-corrected chi connectivity index (χ3v) is 5.54. The number of anilines is 1. The van der Waals surface area contributed by atoms with Gasteiger partial charge in [-0.1, -0.05) is 11.8 Å². The number of hydrogen-bond acceptors (Lipinski definition) is 6. The summed E-state index contributed by atoms with van der Waals surface area (Å²) < 4.78 is 65.4. The normalized spacial score (nSPS) is 27.2. The first-order valence-electron chi connectivity index (χ1n) is 8.78. The molecule has 0 spiro atoms. The van der Waals surface area contributed by atoms with Crippen molar-refractivity contribution >= 4 is 28.7 Å². The first kappa shape index (κ1) is 21.7. The number of aliphatic imine (C=N–C) groups is 1. The molecule has 160 valence electrons. The molecule has 2 aliphatic rings. The van der Waals surface area contributed by atoms with Crippen molar-refractivity contribution in [3.63, 3.8) is 0 Å². The molecule has 3 rings (SSSR count).